The van der Waals surface area contributed by atoms with E-state index in [9.17, 15) is 9.59 Å². The summed E-state index contributed by atoms with van der Waals surface area (Å²) in [6, 6.07) is 32.4. The fraction of sp³-hybridized carbons (Fsp3) is 0.257. The summed E-state index contributed by atoms with van der Waals surface area (Å²) in [4.78, 5) is 29.9. The minimum absolute atomic E-state index is 0.144. The van der Waals surface area contributed by atoms with Gasteiger partial charge in [-0.2, -0.15) is 0 Å². The van der Waals surface area contributed by atoms with Crippen LogP contribution in [0, 0.1) is 0 Å². The van der Waals surface area contributed by atoms with E-state index in [0.29, 0.717) is 11.3 Å². The lowest BCUT2D eigenvalue weighted by molar-refractivity contribution is -0.117. The molecule has 5 nitrogen and oxygen atoms in total. The lowest BCUT2D eigenvalue weighted by atomic mass is 9.92. The second kappa shape index (κ2) is 13.1. The summed E-state index contributed by atoms with van der Waals surface area (Å²) in [5.74, 6) is 0.370. The van der Waals surface area contributed by atoms with Crippen LogP contribution in [0.25, 0.3) is 0 Å². The van der Waals surface area contributed by atoms with Crippen molar-refractivity contribution in [3.63, 3.8) is 0 Å². The van der Waals surface area contributed by atoms with E-state index in [1.165, 1.54) is 0 Å². The number of carbonyl (C=O) groups excluding carboxylic acids is 2. The number of ether oxygens (including phenoxy) is 1. The molecule has 0 aliphatic carbocycles. The first-order valence-electron chi connectivity index (χ1n) is 13.8. The number of benzene rings is 4. The third kappa shape index (κ3) is 6.42. The number of nitrogens with one attached hydrogen (secondary N) is 1. The van der Waals surface area contributed by atoms with Gasteiger partial charge in [-0.3, -0.25) is 9.59 Å². The number of nitrogens with zero attached hydrogens (tertiary/aromatic N) is 1. The van der Waals surface area contributed by atoms with Gasteiger partial charge in [0.25, 0.3) is 5.91 Å². The monoisotopic (exact) mass is 534 g/mol. The van der Waals surface area contributed by atoms with Crippen molar-refractivity contribution in [2.45, 2.75) is 45.6 Å². The van der Waals surface area contributed by atoms with Gasteiger partial charge in [0, 0.05) is 5.69 Å². The van der Waals surface area contributed by atoms with Crippen LogP contribution in [0.15, 0.2) is 103 Å². The zero-order valence-corrected chi connectivity index (χ0v) is 23.9. The highest BCUT2D eigenvalue weighted by molar-refractivity contribution is 6.02. The first-order valence-corrected chi connectivity index (χ1v) is 13.8. The highest BCUT2D eigenvalue weighted by atomic mass is 16.5. The molecule has 4 rings (SSSR count). The minimum Gasteiger partial charge on any atom is -0.496 e. The van der Waals surface area contributed by atoms with Gasteiger partial charge in [0.2, 0.25) is 5.91 Å². The number of rotatable bonds is 10. The summed E-state index contributed by atoms with van der Waals surface area (Å²) >= 11 is 0. The third-order valence-corrected chi connectivity index (χ3v) is 7.09. The SMILES string of the molecule is COc1ccccc1C(=O)N(CC(=O)Nc1c(C(C)C)cccc1C(C)C)C(c1ccccc1)c1ccccc1. The summed E-state index contributed by atoms with van der Waals surface area (Å²) in [5.41, 5.74) is 5.21. The van der Waals surface area contributed by atoms with Crippen molar-refractivity contribution >= 4 is 17.5 Å². The average Bonchev–Trinajstić information content (AvgIpc) is 2.97. The minimum atomic E-state index is -0.490. The van der Waals surface area contributed by atoms with E-state index in [-0.39, 0.29) is 30.2 Å². The quantitative estimate of drug-likeness (QED) is 0.226. The van der Waals surface area contributed by atoms with Gasteiger partial charge < -0.3 is 15.0 Å². The Morgan fingerprint density at radius 1 is 0.700 bits per heavy atom. The van der Waals surface area contributed by atoms with Crippen molar-refractivity contribution in [3.05, 3.63) is 131 Å². The predicted molar refractivity (Wildman–Crippen MR) is 162 cm³/mol. The van der Waals surface area contributed by atoms with Crippen LogP contribution in [-0.2, 0) is 4.79 Å². The van der Waals surface area contributed by atoms with Gasteiger partial charge in [-0.05, 0) is 46.2 Å². The molecule has 0 saturated carbocycles. The first-order chi connectivity index (χ1) is 19.3. The molecule has 0 unspecified atom stereocenters. The van der Waals surface area contributed by atoms with Crippen molar-refractivity contribution in [2.75, 3.05) is 19.0 Å². The Balaban J connectivity index is 1.81. The van der Waals surface area contributed by atoms with Crippen LogP contribution < -0.4 is 10.1 Å². The summed E-state index contributed by atoms with van der Waals surface area (Å²) in [7, 11) is 1.55. The number of hydrogen-bond donors (Lipinski definition) is 1. The number of carbonyl (C=O) groups is 2. The number of methoxy groups -OCH3 is 1. The topological polar surface area (TPSA) is 58.6 Å². The number of amides is 2. The van der Waals surface area contributed by atoms with Crippen molar-refractivity contribution in [1.82, 2.24) is 4.90 Å². The third-order valence-electron chi connectivity index (χ3n) is 7.09. The van der Waals surface area contributed by atoms with E-state index in [4.69, 9.17) is 4.74 Å². The van der Waals surface area contributed by atoms with E-state index in [1.807, 2.05) is 78.9 Å². The van der Waals surface area contributed by atoms with E-state index in [0.717, 1.165) is 27.9 Å². The maximum atomic E-state index is 14.3. The second-order valence-corrected chi connectivity index (χ2v) is 10.5. The lowest BCUT2D eigenvalue weighted by Gasteiger charge is -2.33. The molecule has 1 N–H and O–H groups in total. The normalized spacial score (nSPS) is 11.1. The van der Waals surface area contributed by atoms with Crippen molar-refractivity contribution in [1.29, 1.82) is 0 Å². The van der Waals surface area contributed by atoms with Crippen LogP contribution in [0.3, 0.4) is 0 Å². The molecule has 0 atom stereocenters. The van der Waals surface area contributed by atoms with Gasteiger partial charge in [-0.15, -0.1) is 0 Å². The number of para-hydroxylation sites is 2. The molecule has 0 aromatic heterocycles. The van der Waals surface area contributed by atoms with Crippen molar-refractivity contribution in [3.8, 4) is 5.75 Å². The average molecular weight is 535 g/mol. The standard InChI is InChI=1S/C35H38N2O3/c1-24(2)28-20-14-21-29(25(3)4)33(28)36-32(38)23-37(35(39)30-19-12-13-22-31(30)40-5)34(26-15-8-6-9-16-26)27-17-10-7-11-18-27/h6-22,24-25,34H,23H2,1-5H3,(H,36,38). The van der Waals surface area contributed by atoms with Crippen LogP contribution in [0.4, 0.5) is 5.69 Å². The lowest BCUT2D eigenvalue weighted by Crippen LogP contribution is -2.41. The van der Waals surface area contributed by atoms with Gasteiger partial charge in [0.05, 0.1) is 18.7 Å². The summed E-state index contributed by atoms with van der Waals surface area (Å²) in [6.07, 6.45) is 0. The number of anilines is 1. The Labute approximate surface area is 237 Å². The van der Waals surface area contributed by atoms with Gasteiger partial charge in [-0.25, -0.2) is 0 Å². The van der Waals surface area contributed by atoms with E-state index >= 15 is 0 Å². The zero-order valence-electron chi connectivity index (χ0n) is 23.9. The molecule has 206 valence electrons. The maximum absolute atomic E-state index is 14.3. The molecule has 0 radical (unpaired) electrons. The number of hydrogen-bond acceptors (Lipinski definition) is 3. The van der Waals surface area contributed by atoms with E-state index in [2.05, 4.69) is 45.1 Å². The molecule has 40 heavy (non-hydrogen) atoms. The van der Waals surface area contributed by atoms with Gasteiger partial charge in [0.15, 0.2) is 0 Å². The Bertz CT molecular complexity index is 1370. The fourth-order valence-electron chi connectivity index (χ4n) is 5.11. The molecule has 0 fully saturated rings. The maximum Gasteiger partial charge on any atom is 0.258 e. The van der Waals surface area contributed by atoms with Crippen LogP contribution in [0.1, 0.15) is 78.2 Å². The summed E-state index contributed by atoms with van der Waals surface area (Å²) in [6.45, 7) is 8.33. The highest BCUT2D eigenvalue weighted by Crippen LogP contribution is 2.34. The molecule has 2 amide bonds. The van der Waals surface area contributed by atoms with Crippen LogP contribution in [-0.4, -0.2) is 30.4 Å². The second-order valence-electron chi connectivity index (χ2n) is 10.5. The van der Waals surface area contributed by atoms with E-state index < -0.39 is 6.04 Å². The molecule has 0 aliphatic heterocycles. The van der Waals surface area contributed by atoms with Gasteiger partial charge in [-0.1, -0.05) is 119 Å². The Hall–Kier alpha value is -4.38. The Morgan fingerprint density at radius 2 is 1.20 bits per heavy atom. The summed E-state index contributed by atoms with van der Waals surface area (Å²) in [5, 5.41) is 3.20. The zero-order chi connectivity index (χ0) is 28.6. The van der Waals surface area contributed by atoms with Crippen molar-refractivity contribution < 1.29 is 14.3 Å². The molecular formula is C35H38N2O3. The largest absolute Gasteiger partial charge is 0.496 e. The molecule has 4 aromatic carbocycles. The molecule has 4 aromatic rings. The Kier molecular flexibility index (Phi) is 9.39. The van der Waals surface area contributed by atoms with Gasteiger partial charge in [0.1, 0.15) is 12.3 Å². The molecule has 0 saturated heterocycles. The van der Waals surface area contributed by atoms with Crippen LogP contribution >= 0.6 is 0 Å². The van der Waals surface area contributed by atoms with Crippen LogP contribution in [0.5, 0.6) is 5.75 Å². The predicted octanol–water partition coefficient (Wildman–Crippen LogP) is 7.81. The molecule has 0 heterocycles. The van der Waals surface area contributed by atoms with Crippen LogP contribution in [0.2, 0.25) is 0 Å². The highest BCUT2D eigenvalue weighted by Gasteiger charge is 2.31. The first kappa shape index (κ1) is 28.6. The molecule has 0 spiro atoms. The fourth-order valence-corrected chi connectivity index (χ4v) is 5.11. The smallest absolute Gasteiger partial charge is 0.258 e. The van der Waals surface area contributed by atoms with Gasteiger partial charge >= 0.3 is 0 Å². The molecule has 0 aliphatic rings. The van der Waals surface area contributed by atoms with Crippen molar-refractivity contribution in [2.24, 2.45) is 0 Å². The summed E-state index contributed by atoms with van der Waals surface area (Å²) < 4.78 is 5.54. The molecule has 0 bridgehead atoms. The molecular weight excluding hydrogens is 496 g/mol. The molecule has 5 heteroatoms. The van der Waals surface area contributed by atoms with E-state index in [1.54, 1.807) is 24.1 Å². The Morgan fingerprint density at radius 3 is 1.70 bits per heavy atom.